The molecule has 1 aromatic heterocycles. The van der Waals surface area contributed by atoms with Gasteiger partial charge in [-0.25, -0.2) is 20.0 Å². The molecule has 1 N–H and O–H groups in total. The third-order valence-electron chi connectivity index (χ3n) is 2.66. The third kappa shape index (κ3) is 2.72. The first kappa shape index (κ1) is 14.3. The zero-order chi connectivity index (χ0) is 14.9. The lowest BCUT2D eigenvalue weighted by Crippen LogP contribution is -2.44. The van der Waals surface area contributed by atoms with E-state index in [1.807, 2.05) is 0 Å². The Hall–Kier alpha value is -2.15. The first-order chi connectivity index (χ1) is 9.33. The van der Waals surface area contributed by atoms with Crippen LogP contribution in [0.15, 0.2) is 18.5 Å². The van der Waals surface area contributed by atoms with Gasteiger partial charge in [0.1, 0.15) is 5.60 Å². The number of pyridine rings is 1. The molecule has 0 unspecified atom stereocenters. The van der Waals surface area contributed by atoms with Crippen molar-refractivity contribution in [1.82, 2.24) is 10.4 Å². The number of hydrazine groups is 1. The van der Waals surface area contributed by atoms with Crippen molar-refractivity contribution in [2.75, 3.05) is 12.1 Å². The second kappa shape index (κ2) is 5.09. The number of nitrogens with zero attached hydrogens (tertiary/aromatic N) is 2. The second-order valence-electron chi connectivity index (χ2n) is 5.34. The quantitative estimate of drug-likeness (QED) is 0.786. The molecule has 0 spiro atoms. The van der Waals surface area contributed by atoms with Gasteiger partial charge in [-0.2, -0.15) is 0 Å². The molecule has 0 aliphatic carbocycles. The molecule has 0 saturated heterocycles. The monoisotopic (exact) mass is 279 g/mol. The van der Waals surface area contributed by atoms with Gasteiger partial charge in [0.2, 0.25) is 0 Å². The van der Waals surface area contributed by atoms with Crippen molar-refractivity contribution in [2.24, 2.45) is 0 Å². The minimum Gasteiger partial charge on any atom is -0.468 e. The van der Waals surface area contributed by atoms with Gasteiger partial charge in [-0.1, -0.05) is 0 Å². The smallest absolute Gasteiger partial charge is 0.429 e. The van der Waals surface area contributed by atoms with E-state index in [-0.39, 0.29) is 0 Å². The molecule has 2 rings (SSSR count). The zero-order valence-corrected chi connectivity index (χ0v) is 11.8. The van der Waals surface area contributed by atoms with Gasteiger partial charge < -0.3 is 9.47 Å². The molecule has 0 fully saturated rings. The highest BCUT2D eigenvalue weighted by molar-refractivity contribution is 5.93. The predicted octanol–water partition coefficient (Wildman–Crippen LogP) is 1.56. The molecule has 0 saturated carbocycles. The number of anilines is 1. The van der Waals surface area contributed by atoms with E-state index in [9.17, 15) is 9.59 Å². The molecule has 0 radical (unpaired) electrons. The lowest BCUT2D eigenvalue weighted by Gasteiger charge is -2.24. The maximum Gasteiger partial charge on any atom is 0.429 e. The largest absolute Gasteiger partial charge is 0.468 e. The normalized spacial score (nSPS) is 17.6. The fraction of sp³-hybridized carbons (Fsp3) is 0.462. The molecule has 0 bridgehead atoms. The summed E-state index contributed by atoms with van der Waals surface area (Å²) in [6.45, 7) is 5.30. The van der Waals surface area contributed by atoms with E-state index in [4.69, 9.17) is 9.47 Å². The highest BCUT2D eigenvalue weighted by Gasteiger charge is 2.38. The number of ether oxygens (including phenoxy) is 2. The number of carbonyl (C=O) groups excluding carboxylic acids is 2. The summed E-state index contributed by atoms with van der Waals surface area (Å²) in [6.07, 6.45) is 2.45. The number of esters is 1. The summed E-state index contributed by atoms with van der Waals surface area (Å²) in [7, 11) is 1.29. The summed E-state index contributed by atoms with van der Waals surface area (Å²) in [5.74, 6) is -0.483. The second-order valence-corrected chi connectivity index (χ2v) is 5.34. The van der Waals surface area contributed by atoms with Gasteiger partial charge in [0.15, 0.2) is 6.04 Å². The molecule has 0 aromatic carbocycles. The Morgan fingerprint density at radius 3 is 2.70 bits per heavy atom. The SMILES string of the molecule is COC(=O)[C@H]1NN(C(=O)OC(C)(C)C)c2cnccc21. The van der Waals surface area contributed by atoms with Gasteiger partial charge in [-0.05, 0) is 26.8 Å². The minimum atomic E-state index is -0.745. The van der Waals surface area contributed by atoms with Crippen LogP contribution in [0.5, 0.6) is 0 Å². The molecule has 1 amide bonds. The summed E-state index contributed by atoms with van der Waals surface area (Å²) in [4.78, 5) is 27.9. The highest BCUT2D eigenvalue weighted by atomic mass is 16.6. The van der Waals surface area contributed by atoms with Crippen LogP contribution in [0, 0.1) is 0 Å². The van der Waals surface area contributed by atoms with Crippen LogP contribution in [0.25, 0.3) is 0 Å². The number of fused-ring (bicyclic) bond motifs is 1. The van der Waals surface area contributed by atoms with Crippen LogP contribution >= 0.6 is 0 Å². The third-order valence-corrected chi connectivity index (χ3v) is 2.66. The summed E-state index contributed by atoms with van der Waals surface area (Å²) in [5.41, 5.74) is 3.25. The summed E-state index contributed by atoms with van der Waals surface area (Å²) < 4.78 is 10.0. The Labute approximate surface area is 116 Å². The van der Waals surface area contributed by atoms with Gasteiger partial charge >= 0.3 is 12.1 Å². The Morgan fingerprint density at radius 1 is 1.40 bits per heavy atom. The van der Waals surface area contributed by atoms with Crippen molar-refractivity contribution < 1.29 is 19.1 Å². The lowest BCUT2D eigenvalue weighted by atomic mass is 10.1. The molecule has 108 valence electrons. The molecule has 1 aliphatic rings. The van der Waals surface area contributed by atoms with Crippen molar-refractivity contribution in [2.45, 2.75) is 32.4 Å². The number of carbonyl (C=O) groups is 2. The number of methoxy groups -OCH3 is 1. The molecule has 20 heavy (non-hydrogen) atoms. The summed E-state index contributed by atoms with van der Waals surface area (Å²) >= 11 is 0. The molecule has 7 nitrogen and oxygen atoms in total. The van der Waals surface area contributed by atoms with E-state index in [0.717, 1.165) is 0 Å². The Morgan fingerprint density at radius 2 is 2.10 bits per heavy atom. The van der Waals surface area contributed by atoms with Gasteiger partial charge in [0.05, 0.1) is 19.0 Å². The number of rotatable bonds is 1. The summed E-state index contributed by atoms with van der Waals surface area (Å²) in [5, 5.41) is 1.18. The van der Waals surface area contributed by atoms with Gasteiger partial charge in [0.25, 0.3) is 0 Å². The average molecular weight is 279 g/mol. The molecule has 1 aromatic rings. The van der Waals surface area contributed by atoms with Crippen molar-refractivity contribution in [3.05, 3.63) is 24.0 Å². The number of amides is 1. The Kier molecular flexibility index (Phi) is 3.63. The van der Waals surface area contributed by atoms with Crippen LogP contribution in [-0.4, -0.2) is 29.8 Å². The molecule has 7 heteroatoms. The number of aromatic nitrogens is 1. The first-order valence-electron chi connectivity index (χ1n) is 6.14. The van der Waals surface area contributed by atoms with E-state index < -0.39 is 23.7 Å². The van der Waals surface area contributed by atoms with Gasteiger partial charge in [-0.15, -0.1) is 0 Å². The number of hydrogen-bond donors (Lipinski definition) is 1. The maximum absolute atomic E-state index is 12.1. The average Bonchev–Trinajstić information content (AvgIpc) is 2.75. The van der Waals surface area contributed by atoms with Crippen LogP contribution in [0.2, 0.25) is 0 Å². The number of nitrogens with one attached hydrogen (secondary N) is 1. The van der Waals surface area contributed by atoms with Crippen molar-refractivity contribution in [3.8, 4) is 0 Å². The highest BCUT2D eigenvalue weighted by Crippen LogP contribution is 2.33. The van der Waals surface area contributed by atoms with E-state index in [1.54, 1.807) is 33.0 Å². The van der Waals surface area contributed by atoms with Crippen LogP contribution in [0.1, 0.15) is 32.4 Å². The van der Waals surface area contributed by atoms with Crippen LogP contribution in [0.4, 0.5) is 10.5 Å². The minimum absolute atomic E-state index is 0.483. The molecule has 1 atom stereocenters. The topological polar surface area (TPSA) is 80.8 Å². The van der Waals surface area contributed by atoms with Crippen LogP contribution < -0.4 is 10.4 Å². The van der Waals surface area contributed by atoms with Crippen LogP contribution in [-0.2, 0) is 14.3 Å². The number of hydrogen-bond acceptors (Lipinski definition) is 6. The van der Waals surface area contributed by atoms with Crippen molar-refractivity contribution in [1.29, 1.82) is 0 Å². The van der Waals surface area contributed by atoms with E-state index in [1.165, 1.54) is 18.3 Å². The Bertz CT molecular complexity index is 539. The van der Waals surface area contributed by atoms with Crippen molar-refractivity contribution in [3.63, 3.8) is 0 Å². The molecular formula is C13H17N3O4. The maximum atomic E-state index is 12.1. The van der Waals surface area contributed by atoms with E-state index in [0.29, 0.717) is 11.3 Å². The standard InChI is InChI=1S/C13H17N3O4/c1-13(2,3)20-12(18)16-9-7-14-6-5-8(9)10(15-16)11(17)19-4/h5-7,10,15H,1-4H3/t10-/m0/s1. The van der Waals surface area contributed by atoms with E-state index in [2.05, 4.69) is 10.4 Å². The Balaban J connectivity index is 2.30. The van der Waals surface area contributed by atoms with Crippen LogP contribution in [0.3, 0.4) is 0 Å². The van der Waals surface area contributed by atoms with Gasteiger partial charge in [0, 0.05) is 11.8 Å². The van der Waals surface area contributed by atoms with Crippen molar-refractivity contribution >= 4 is 17.7 Å². The van der Waals surface area contributed by atoms with Gasteiger partial charge in [-0.3, -0.25) is 4.98 Å². The zero-order valence-electron chi connectivity index (χ0n) is 11.8. The fourth-order valence-corrected chi connectivity index (χ4v) is 1.85. The lowest BCUT2D eigenvalue weighted by molar-refractivity contribution is -0.143. The summed E-state index contributed by atoms with van der Waals surface area (Å²) in [6, 6.07) is 0.916. The molecule has 1 aliphatic heterocycles. The first-order valence-corrected chi connectivity index (χ1v) is 6.14. The molecule has 2 heterocycles. The molecular weight excluding hydrogens is 262 g/mol. The predicted molar refractivity (Wildman–Crippen MR) is 70.8 cm³/mol. The fourth-order valence-electron chi connectivity index (χ4n) is 1.85. The van der Waals surface area contributed by atoms with E-state index >= 15 is 0 Å².